The second-order valence-corrected chi connectivity index (χ2v) is 7.84. The van der Waals surface area contributed by atoms with Crippen LogP contribution in [0.15, 0.2) is 64.2 Å². The van der Waals surface area contributed by atoms with E-state index in [-0.39, 0.29) is 11.7 Å². The fourth-order valence-electron chi connectivity index (χ4n) is 2.46. The van der Waals surface area contributed by atoms with Crippen molar-refractivity contribution in [3.8, 4) is 0 Å². The van der Waals surface area contributed by atoms with Gasteiger partial charge < -0.3 is 14.5 Å². The van der Waals surface area contributed by atoms with Crippen LogP contribution in [0.4, 0.5) is 0 Å². The molecule has 0 bridgehead atoms. The Morgan fingerprint density at radius 2 is 1.89 bits per heavy atom. The van der Waals surface area contributed by atoms with Crippen LogP contribution in [0.2, 0.25) is 0 Å². The minimum atomic E-state index is -0.699. The minimum absolute atomic E-state index is 0.101. The lowest BCUT2D eigenvalue weighted by atomic mass is 10.2. The van der Waals surface area contributed by atoms with E-state index in [1.165, 1.54) is 18.9 Å². The maximum Gasteiger partial charge on any atom is 0.329 e. The zero-order valence-corrected chi connectivity index (χ0v) is 16.9. The Morgan fingerprint density at radius 1 is 1.14 bits per heavy atom. The molecule has 28 heavy (non-hydrogen) atoms. The number of hydrogen-bond donors (Lipinski definition) is 1. The van der Waals surface area contributed by atoms with Crippen LogP contribution in [0, 0.1) is 0 Å². The average molecular weight is 417 g/mol. The van der Waals surface area contributed by atoms with Gasteiger partial charge in [0.1, 0.15) is 11.6 Å². The van der Waals surface area contributed by atoms with Gasteiger partial charge in [0.2, 0.25) is 5.91 Å². The molecule has 6 nitrogen and oxygen atoms in total. The van der Waals surface area contributed by atoms with Crippen LogP contribution in [-0.4, -0.2) is 41.5 Å². The number of carbonyl (C=O) groups is 2. The Labute approximate surface area is 171 Å². The summed E-state index contributed by atoms with van der Waals surface area (Å²) >= 11 is 2.75. The number of ether oxygens (including phenoxy) is 1. The van der Waals surface area contributed by atoms with E-state index in [0.717, 1.165) is 16.8 Å². The molecule has 3 rings (SSSR count). The molecule has 146 valence electrons. The summed E-state index contributed by atoms with van der Waals surface area (Å²) in [7, 11) is 1.32. The number of carbonyl (C=O) groups excluding carboxylic acids is 2. The predicted octanol–water partition coefficient (Wildman–Crippen LogP) is 3.51. The average Bonchev–Trinajstić information content (AvgIpc) is 3.15. The molecule has 0 aliphatic heterocycles. The maximum absolute atomic E-state index is 12.3. The summed E-state index contributed by atoms with van der Waals surface area (Å²) in [5.74, 6) is 0.551. The Kier molecular flexibility index (Phi) is 7.39. The Hall–Kier alpha value is -2.45. The van der Waals surface area contributed by atoms with Gasteiger partial charge in [-0.15, -0.1) is 0 Å². The van der Waals surface area contributed by atoms with Gasteiger partial charge in [-0.3, -0.25) is 4.79 Å². The van der Waals surface area contributed by atoms with Crippen LogP contribution in [0.25, 0.3) is 11.1 Å². The first kappa shape index (κ1) is 20.3. The molecule has 3 aromatic rings. The summed E-state index contributed by atoms with van der Waals surface area (Å²) in [4.78, 5) is 28.6. The molecule has 0 saturated heterocycles. The molecule has 0 radical (unpaired) electrons. The third-order valence-corrected chi connectivity index (χ3v) is 5.75. The fourth-order valence-corrected chi connectivity index (χ4v) is 4.11. The molecule has 2 aromatic carbocycles. The van der Waals surface area contributed by atoms with E-state index < -0.39 is 12.0 Å². The molecular weight excluding hydrogens is 396 g/mol. The standard InChI is InChI=1S/C20H20N2O4S2/c1-25-19(24)16(12-27-11-14-7-3-2-4-8-14)21-18(23)13-28-20-22-15-9-5-6-10-17(15)26-20/h2-10,16H,11-13H2,1H3,(H,21,23)/t16-/m0/s1. The fraction of sp³-hybridized carbons (Fsp3) is 0.250. The van der Waals surface area contributed by atoms with Crippen LogP contribution in [0.1, 0.15) is 5.56 Å². The monoisotopic (exact) mass is 416 g/mol. The van der Waals surface area contributed by atoms with Gasteiger partial charge in [0.15, 0.2) is 5.58 Å². The summed E-state index contributed by atoms with van der Waals surface area (Å²) in [6.07, 6.45) is 0. The van der Waals surface area contributed by atoms with Crippen molar-refractivity contribution in [2.45, 2.75) is 17.0 Å². The van der Waals surface area contributed by atoms with E-state index >= 15 is 0 Å². The van der Waals surface area contributed by atoms with E-state index in [1.54, 1.807) is 11.8 Å². The molecule has 1 N–H and O–H groups in total. The number of fused-ring (bicyclic) bond motifs is 1. The lowest BCUT2D eigenvalue weighted by Crippen LogP contribution is -2.44. The van der Waals surface area contributed by atoms with Gasteiger partial charge in [0.05, 0.1) is 12.9 Å². The number of aromatic nitrogens is 1. The van der Waals surface area contributed by atoms with E-state index in [4.69, 9.17) is 9.15 Å². The van der Waals surface area contributed by atoms with Crippen molar-refractivity contribution in [3.05, 3.63) is 60.2 Å². The molecule has 8 heteroatoms. The smallest absolute Gasteiger partial charge is 0.329 e. The molecule has 0 spiro atoms. The van der Waals surface area contributed by atoms with Gasteiger partial charge >= 0.3 is 5.97 Å². The second-order valence-electron chi connectivity index (χ2n) is 5.88. The van der Waals surface area contributed by atoms with Crippen LogP contribution in [0.3, 0.4) is 0 Å². The molecule has 1 heterocycles. The molecule has 0 unspecified atom stereocenters. The van der Waals surface area contributed by atoms with Crippen LogP contribution in [-0.2, 0) is 20.1 Å². The van der Waals surface area contributed by atoms with E-state index in [0.29, 0.717) is 16.6 Å². The van der Waals surface area contributed by atoms with Gasteiger partial charge in [0.25, 0.3) is 5.22 Å². The van der Waals surface area contributed by atoms with Gasteiger partial charge in [-0.25, -0.2) is 9.78 Å². The van der Waals surface area contributed by atoms with Crippen molar-refractivity contribution in [1.82, 2.24) is 10.3 Å². The zero-order chi connectivity index (χ0) is 19.8. The van der Waals surface area contributed by atoms with Crippen molar-refractivity contribution in [2.24, 2.45) is 0 Å². The van der Waals surface area contributed by atoms with Crippen molar-refractivity contribution in [3.63, 3.8) is 0 Å². The summed E-state index contributed by atoms with van der Waals surface area (Å²) in [5, 5.41) is 3.15. The largest absolute Gasteiger partial charge is 0.467 e. The van der Waals surface area contributed by atoms with Gasteiger partial charge in [-0.1, -0.05) is 54.2 Å². The number of thioether (sulfide) groups is 2. The summed E-state index contributed by atoms with van der Waals surface area (Å²) in [6.45, 7) is 0. The predicted molar refractivity (Wildman–Crippen MR) is 111 cm³/mol. The van der Waals surface area contributed by atoms with Crippen LogP contribution in [0.5, 0.6) is 0 Å². The van der Waals surface area contributed by atoms with Crippen molar-refractivity contribution < 1.29 is 18.7 Å². The molecular formula is C20H20N2O4S2. The first-order chi connectivity index (χ1) is 13.7. The highest BCUT2D eigenvalue weighted by atomic mass is 32.2. The third-order valence-electron chi connectivity index (χ3n) is 3.82. The maximum atomic E-state index is 12.3. The van der Waals surface area contributed by atoms with E-state index in [2.05, 4.69) is 10.3 Å². The van der Waals surface area contributed by atoms with E-state index in [9.17, 15) is 9.59 Å². The third kappa shape index (κ3) is 5.77. The normalized spacial score (nSPS) is 11.9. The Morgan fingerprint density at radius 3 is 2.64 bits per heavy atom. The topological polar surface area (TPSA) is 81.4 Å². The molecule has 0 fully saturated rings. The van der Waals surface area contributed by atoms with Gasteiger partial charge in [0, 0.05) is 11.5 Å². The van der Waals surface area contributed by atoms with Crippen LogP contribution >= 0.6 is 23.5 Å². The Balaban J connectivity index is 1.49. The highest BCUT2D eigenvalue weighted by Crippen LogP contribution is 2.23. The molecule has 0 saturated carbocycles. The molecule has 1 atom stereocenters. The number of hydrogen-bond acceptors (Lipinski definition) is 7. The molecule has 0 aliphatic carbocycles. The van der Waals surface area contributed by atoms with Crippen molar-refractivity contribution >= 4 is 46.5 Å². The number of benzene rings is 2. The van der Waals surface area contributed by atoms with Gasteiger partial charge in [-0.2, -0.15) is 11.8 Å². The van der Waals surface area contributed by atoms with E-state index in [1.807, 2.05) is 54.6 Å². The highest BCUT2D eigenvalue weighted by Gasteiger charge is 2.22. The van der Waals surface area contributed by atoms with Crippen molar-refractivity contribution in [2.75, 3.05) is 18.6 Å². The number of oxazole rings is 1. The summed E-state index contributed by atoms with van der Waals surface area (Å²) in [5.41, 5.74) is 2.58. The highest BCUT2D eigenvalue weighted by molar-refractivity contribution is 7.99. The number of nitrogens with one attached hydrogen (secondary N) is 1. The Bertz CT molecular complexity index is 897. The summed E-state index contributed by atoms with van der Waals surface area (Å²) in [6, 6.07) is 16.7. The number of para-hydroxylation sites is 2. The number of nitrogens with zero attached hydrogens (tertiary/aromatic N) is 1. The lowest BCUT2D eigenvalue weighted by molar-refractivity contribution is -0.144. The quantitative estimate of drug-likeness (QED) is 0.422. The molecule has 0 aliphatic rings. The van der Waals surface area contributed by atoms with Crippen LogP contribution < -0.4 is 5.32 Å². The zero-order valence-electron chi connectivity index (χ0n) is 15.3. The second kappa shape index (κ2) is 10.2. The first-order valence-corrected chi connectivity index (χ1v) is 10.8. The first-order valence-electron chi connectivity index (χ1n) is 8.63. The summed E-state index contributed by atoms with van der Waals surface area (Å²) < 4.78 is 10.4. The minimum Gasteiger partial charge on any atom is -0.467 e. The van der Waals surface area contributed by atoms with Crippen molar-refractivity contribution in [1.29, 1.82) is 0 Å². The molecule has 1 amide bonds. The number of amides is 1. The van der Waals surface area contributed by atoms with Gasteiger partial charge in [-0.05, 0) is 17.7 Å². The SMILES string of the molecule is COC(=O)[C@H](CSCc1ccccc1)NC(=O)CSc1nc2ccccc2o1. The molecule has 1 aromatic heterocycles. The number of methoxy groups -OCH3 is 1. The number of rotatable bonds is 9. The lowest BCUT2D eigenvalue weighted by Gasteiger charge is -2.16. The number of esters is 1.